The van der Waals surface area contributed by atoms with Crippen LogP contribution in [0.3, 0.4) is 0 Å². The van der Waals surface area contributed by atoms with Gasteiger partial charge in [-0.15, -0.1) is 0 Å². The summed E-state index contributed by atoms with van der Waals surface area (Å²) in [5, 5.41) is 6.98. The maximum absolute atomic E-state index is 13.5. The van der Waals surface area contributed by atoms with Gasteiger partial charge in [0.1, 0.15) is 5.66 Å². The van der Waals surface area contributed by atoms with Crippen LogP contribution in [0.1, 0.15) is 56.8 Å². The number of hydrogen-bond donors (Lipinski definition) is 2. The minimum Gasteiger partial charge on any atom is -0.372 e. The van der Waals surface area contributed by atoms with Gasteiger partial charge in [-0.1, -0.05) is 19.1 Å². The average molecular weight is 398 g/mol. The van der Waals surface area contributed by atoms with Crippen molar-refractivity contribution in [3.8, 4) is 0 Å². The van der Waals surface area contributed by atoms with Crippen molar-refractivity contribution in [3.05, 3.63) is 29.8 Å². The highest BCUT2D eigenvalue weighted by Crippen LogP contribution is 2.58. The van der Waals surface area contributed by atoms with Gasteiger partial charge >= 0.3 is 0 Å². The van der Waals surface area contributed by atoms with Crippen LogP contribution in [0.2, 0.25) is 0 Å². The van der Waals surface area contributed by atoms with E-state index in [1.165, 1.54) is 0 Å². The summed E-state index contributed by atoms with van der Waals surface area (Å²) in [4.78, 5) is 28.4. The second kappa shape index (κ2) is 6.46. The van der Waals surface area contributed by atoms with Crippen molar-refractivity contribution in [2.24, 2.45) is 17.3 Å². The number of ether oxygens (including phenoxy) is 1. The number of carbonyl (C=O) groups excluding carboxylic acids is 2. The average Bonchev–Trinajstić information content (AvgIpc) is 2.66. The van der Waals surface area contributed by atoms with Crippen molar-refractivity contribution in [1.82, 2.24) is 10.2 Å². The summed E-state index contributed by atoms with van der Waals surface area (Å²) >= 11 is 0. The fourth-order valence-electron chi connectivity index (χ4n) is 6.41. The molecule has 0 radical (unpaired) electrons. The molecule has 2 N–H and O–H groups in total. The van der Waals surface area contributed by atoms with Crippen molar-refractivity contribution in [1.29, 1.82) is 0 Å². The van der Waals surface area contributed by atoms with Crippen LogP contribution in [0, 0.1) is 17.3 Å². The van der Waals surface area contributed by atoms with Crippen molar-refractivity contribution in [2.75, 3.05) is 18.4 Å². The fraction of sp³-hybridized carbons (Fsp3) is 0.652. The summed E-state index contributed by atoms with van der Waals surface area (Å²) in [5.41, 5.74) is 1.05. The van der Waals surface area contributed by atoms with Gasteiger partial charge in [0.2, 0.25) is 5.91 Å². The van der Waals surface area contributed by atoms with E-state index in [4.69, 9.17) is 4.74 Å². The molecule has 6 atom stereocenters. The van der Waals surface area contributed by atoms with Gasteiger partial charge in [0.15, 0.2) is 0 Å². The zero-order valence-corrected chi connectivity index (χ0v) is 17.5. The van der Waals surface area contributed by atoms with Crippen LogP contribution >= 0.6 is 0 Å². The van der Waals surface area contributed by atoms with Crippen molar-refractivity contribution in [3.63, 3.8) is 0 Å². The normalized spacial score (nSPS) is 40.9. The molecule has 1 aromatic rings. The number of morpholine rings is 1. The second-order valence-corrected chi connectivity index (χ2v) is 9.95. The highest BCUT2D eigenvalue weighted by Gasteiger charge is 2.60. The molecule has 1 aromatic carbocycles. The molecule has 29 heavy (non-hydrogen) atoms. The maximum Gasteiger partial charge on any atom is 0.255 e. The molecule has 3 saturated carbocycles. The molecule has 0 unspecified atom stereocenters. The van der Waals surface area contributed by atoms with Crippen molar-refractivity contribution in [2.45, 2.75) is 64.3 Å². The van der Waals surface area contributed by atoms with E-state index < -0.39 is 5.66 Å². The van der Waals surface area contributed by atoms with Gasteiger partial charge in [-0.25, -0.2) is 0 Å². The molecule has 2 heterocycles. The Morgan fingerprint density at radius 1 is 1.17 bits per heavy atom. The first-order valence-electron chi connectivity index (χ1n) is 10.9. The van der Waals surface area contributed by atoms with Gasteiger partial charge in [0, 0.05) is 30.6 Å². The molecule has 4 fully saturated rings. The summed E-state index contributed by atoms with van der Waals surface area (Å²) in [6.07, 6.45) is 3.84. The Kier molecular flexibility index (Phi) is 4.21. The number of fused-ring (bicyclic) bond motifs is 3. The van der Waals surface area contributed by atoms with E-state index in [2.05, 4.69) is 17.6 Å². The standard InChI is InChI=1S/C23H31N3O3/c1-14-11-26(12-15(2)29-14)21(28)18-10-16-8-9-22(18,3)13-23(16)24-19-7-5-4-6-17(19)20(27)25-23/h4-7,14-16,18,24H,8-13H2,1-3H3,(H,25,27)/t14-,15-,16-,18-,22+,23-/m0/s1. The van der Waals surface area contributed by atoms with Crippen LogP contribution in [0.4, 0.5) is 5.69 Å². The lowest BCUT2D eigenvalue weighted by molar-refractivity contribution is -0.161. The number of rotatable bonds is 1. The Hall–Kier alpha value is -2.08. The summed E-state index contributed by atoms with van der Waals surface area (Å²) in [6, 6.07) is 7.71. The molecular formula is C23H31N3O3. The molecule has 156 valence electrons. The van der Waals surface area contributed by atoms with E-state index in [1.54, 1.807) is 0 Å². The quantitative estimate of drug-likeness (QED) is 0.764. The minimum absolute atomic E-state index is 0.00537. The van der Waals surface area contributed by atoms with E-state index >= 15 is 0 Å². The Morgan fingerprint density at radius 2 is 1.90 bits per heavy atom. The lowest BCUT2D eigenvalue weighted by Gasteiger charge is -2.61. The van der Waals surface area contributed by atoms with E-state index in [0.717, 1.165) is 31.4 Å². The number of benzene rings is 1. The molecule has 6 heteroatoms. The first-order valence-corrected chi connectivity index (χ1v) is 10.9. The lowest BCUT2D eigenvalue weighted by Crippen LogP contribution is -2.70. The number of hydrogen-bond acceptors (Lipinski definition) is 4. The molecule has 1 saturated heterocycles. The maximum atomic E-state index is 13.5. The third kappa shape index (κ3) is 2.95. The number of para-hydroxylation sites is 1. The van der Waals surface area contributed by atoms with Crippen LogP contribution in [-0.2, 0) is 9.53 Å². The van der Waals surface area contributed by atoms with Gasteiger partial charge < -0.3 is 20.3 Å². The van der Waals surface area contributed by atoms with E-state index in [0.29, 0.717) is 18.7 Å². The van der Waals surface area contributed by atoms with Crippen molar-refractivity contribution < 1.29 is 14.3 Å². The zero-order chi connectivity index (χ0) is 20.4. The molecule has 0 aromatic heterocycles. The van der Waals surface area contributed by atoms with Gasteiger partial charge in [0.25, 0.3) is 5.91 Å². The molecule has 2 amide bonds. The molecule has 3 aliphatic carbocycles. The van der Waals surface area contributed by atoms with E-state index in [1.807, 2.05) is 43.0 Å². The van der Waals surface area contributed by atoms with Gasteiger partial charge in [-0.3, -0.25) is 9.59 Å². The van der Waals surface area contributed by atoms with Crippen LogP contribution in [0.25, 0.3) is 0 Å². The second-order valence-electron chi connectivity index (χ2n) is 9.95. The molecular weight excluding hydrogens is 366 g/mol. The fourth-order valence-corrected chi connectivity index (χ4v) is 6.41. The molecule has 6 nitrogen and oxygen atoms in total. The number of nitrogens with zero attached hydrogens (tertiary/aromatic N) is 1. The summed E-state index contributed by atoms with van der Waals surface area (Å²) in [6.45, 7) is 7.67. The van der Waals surface area contributed by atoms with Crippen LogP contribution in [0.5, 0.6) is 0 Å². The van der Waals surface area contributed by atoms with Crippen molar-refractivity contribution >= 4 is 17.5 Å². The predicted octanol–water partition coefficient (Wildman–Crippen LogP) is 3.00. The topological polar surface area (TPSA) is 70.7 Å². The van der Waals surface area contributed by atoms with Crippen LogP contribution < -0.4 is 10.6 Å². The monoisotopic (exact) mass is 397 g/mol. The third-order valence-electron chi connectivity index (χ3n) is 7.70. The smallest absolute Gasteiger partial charge is 0.255 e. The molecule has 5 aliphatic rings. The number of carbonyl (C=O) groups is 2. The molecule has 6 rings (SSSR count). The minimum atomic E-state index is -0.444. The third-order valence-corrected chi connectivity index (χ3v) is 7.70. The first-order chi connectivity index (χ1) is 13.8. The number of amides is 2. The summed E-state index contributed by atoms with van der Waals surface area (Å²) in [5.74, 6) is 0.539. The number of nitrogens with one attached hydrogen (secondary N) is 2. The lowest BCUT2D eigenvalue weighted by atomic mass is 9.51. The Balaban J connectivity index is 1.41. The van der Waals surface area contributed by atoms with E-state index in [9.17, 15) is 9.59 Å². The van der Waals surface area contributed by atoms with Crippen LogP contribution in [0.15, 0.2) is 24.3 Å². The van der Waals surface area contributed by atoms with Crippen LogP contribution in [-0.4, -0.2) is 47.7 Å². The summed E-state index contributed by atoms with van der Waals surface area (Å²) < 4.78 is 5.82. The first kappa shape index (κ1) is 18.9. The highest BCUT2D eigenvalue weighted by atomic mass is 16.5. The summed E-state index contributed by atoms with van der Waals surface area (Å²) in [7, 11) is 0. The molecule has 2 aliphatic heterocycles. The van der Waals surface area contributed by atoms with Gasteiger partial charge in [0.05, 0.1) is 17.8 Å². The van der Waals surface area contributed by atoms with Gasteiger partial charge in [-0.05, 0) is 57.1 Å². The van der Waals surface area contributed by atoms with E-state index in [-0.39, 0.29) is 41.3 Å². The zero-order valence-electron chi connectivity index (χ0n) is 17.5. The SMILES string of the molecule is C[C@H]1CN(C(=O)[C@@H]2C[C@@H]3CC[C@]2(C)C[C@]32NC(=O)c3ccccc3N2)C[C@H](C)O1. The number of anilines is 1. The molecule has 1 spiro atoms. The highest BCUT2D eigenvalue weighted by molar-refractivity contribution is 6.02. The largest absolute Gasteiger partial charge is 0.372 e. The molecule has 2 bridgehead atoms. The Morgan fingerprint density at radius 3 is 2.62 bits per heavy atom. The van der Waals surface area contributed by atoms with Gasteiger partial charge in [-0.2, -0.15) is 0 Å². The Labute approximate surface area is 172 Å². The Bertz CT molecular complexity index is 848. The predicted molar refractivity (Wildman–Crippen MR) is 110 cm³/mol.